The molecule has 2 rings (SSSR count). The fraction of sp³-hybridized carbons (Fsp3) is 0.667. The third-order valence-corrected chi connectivity index (χ3v) is 6.79. The Hall–Kier alpha value is -0.570. The van der Waals surface area contributed by atoms with Crippen LogP contribution in [0.5, 0.6) is 0 Å². The minimum Gasteiger partial charge on any atom is -0.364 e. The van der Waals surface area contributed by atoms with E-state index in [0.717, 1.165) is 17.5 Å². The van der Waals surface area contributed by atoms with Crippen LogP contribution in [-0.2, 0) is 11.8 Å². The van der Waals surface area contributed by atoms with Crippen molar-refractivity contribution in [3.05, 3.63) is 33.3 Å². The Morgan fingerprint density at radius 3 is 2.10 bits per heavy atom. The van der Waals surface area contributed by atoms with Gasteiger partial charge in [0.05, 0.1) is 0 Å². The third kappa shape index (κ3) is 2.15. The maximum atomic E-state index is 9.63. The van der Waals surface area contributed by atoms with Crippen LogP contribution in [0.15, 0.2) is 6.07 Å². The number of benzene rings is 1. The number of halogens is 1. The standard InChI is InChI=1S/C18H27ClO2/c1-10-11(15(20)21)8-13(19)12-9-16(2,3)18(6,7)17(4,5)14(10)12/h8,15,20-21H,9H2,1-7H3. The molecule has 118 valence electrons. The van der Waals surface area contributed by atoms with Crippen LogP contribution in [-0.4, -0.2) is 10.2 Å². The third-order valence-electron chi connectivity index (χ3n) is 6.46. The Labute approximate surface area is 133 Å². The van der Waals surface area contributed by atoms with Crippen LogP contribution in [0.1, 0.15) is 70.1 Å². The number of hydrogen-bond acceptors (Lipinski definition) is 2. The Morgan fingerprint density at radius 1 is 1.10 bits per heavy atom. The summed E-state index contributed by atoms with van der Waals surface area (Å²) in [6, 6.07) is 1.71. The molecule has 1 aromatic carbocycles. The van der Waals surface area contributed by atoms with Crippen LogP contribution in [0.3, 0.4) is 0 Å². The summed E-state index contributed by atoms with van der Waals surface area (Å²) >= 11 is 6.49. The summed E-state index contributed by atoms with van der Waals surface area (Å²) in [5, 5.41) is 19.9. The van der Waals surface area contributed by atoms with Crippen molar-refractivity contribution >= 4 is 11.6 Å². The van der Waals surface area contributed by atoms with E-state index in [9.17, 15) is 10.2 Å². The van der Waals surface area contributed by atoms with E-state index in [2.05, 4.69) is 41.5 Å². The first-order valence-corrected chi connectivity index (χ1v) is 7.91. The van der Waals surface area contributed by atoms with E-state index in [1.54, 1.807) is 6.07 Å². The van der Waals surface area contributed by atoms with E-state index in [1.807, 2.05) is 6.92 Å². The van der Waals surface area contributed by atoms with Gasteiger partial charge in [-0.15, -0.1) is 0 Å². The first-order chi connectivity index (χ1) is 9.34. The van der Waals surface area contributed by atoms with E-state index >= 15 is 0 Å². The number of aliphatic hydroxyl groups is 2. The van der Waals surface area contributed by atoms with Crippen LogP contribution in [0.4, 0.5) is 0 Å². The second-order valence-corrected chi connectivity index (χ2v) is 8.52. The Kier molecular flexibility index (Phi) is 3.77. The van der Waals surface area contributed by atoms with Gasteiger partial charge in [-0.3, -0.25) is 0 Å². The first-order valence-electron chi connectivity index (χ1n) is 7.53. The molecule has 21 heavy (non-hydrogen) atoms. The quantitative estimate of drug-likeness (QED) is 0.749. The molecule has 1 aromatic rings. The Bertz CT molecular complexity index is 583. The van der Waals surface area contributed by atoms with E-state index in [-0.39, 0.29) is 16.2 Å². The molecule has 0 fully saturated rings. The van der Waals surface area contributed by atoms with Gasteiger partial charge in [0.25, 0.3) is 0 Å². The van der Waals surface area contributed by atoms with Crippen molar-refractivity contribution in [1.29, 1.82) is 0 Å². The van der Waals surface area contributed by atoms with Crippen molar-refractivity contribution in [3.8, 4) is 0 Å². The lowest BCUT2D eigenvalue weighted by Gasteiger charge is -2.57. The van der Waals surface area contributed by atoms with Crippen molar-refractivity contribution in [3.63, 3.8) is 0 Å². The monoisotopic (exact) mass is 310 g/mol. The normalized spacial score (nSPS) is 22.2. The summed E-state index contributed by atoms with van der Waals surface area (Å²) < 4.78 is 0. The maximum Gasteiger partial charge on any atom is 0.178 e. The van der Waals surface area contributed by atoms with Gasteiger partial charge in [-0.1, -0.05) is 53.1 Å². The second-order valence-electron chi connectivity index (χ2n) is 8.11. The van der Waals surface area contributed by atoms with Crippen molar-refractivity contribution in [2.24, 2.45) is 10.8 Å². The number of rotatable bonds is 1. The summed E-state index contributed by atoms with van der Waals surface area (Å²) in [6.07, 6.45) is -0.582. The molecule has 0 amide bonds. The van der Waals surface area contributed by atoms with Crippen molar-refractivity contribution in [2.75, 3.05) is 0 Å². The lowest BCUT2D eigenvalue weighted by molar-refractivity contribution is -0.0435. The van der Waals surface area contributed by atoms with Crippen LogP contribution in [0, 0.1) is 17.8 Å². The van der Waals surface area contributed by atoms with E-state index in [4.69, 9.17) is 11.6 Å². The van der Waals surface area contributed by atoms with Gasteiger partial charge >= 0.3 is 0 Å². The molecule has 0 saturated heterocycles. The molecule has 0 aliphatic heterocycles. The molecule has 3 heteroatoms. The minimum absolute atomic E-state index is 0.0557. The zero-order valence-electron chi connectivity index (χ0n) is 14.1. The van der Waals surface area contributed by atoms with Gasteiger partial charge in [0.15, 0.2) is 6.29 Å². The smallest absolute Gasteiger partial charge is 0.178 e. The van der Waals surface area contributed by atoms with Gasteiger partial charge < -0.3 is 10.2 Å². The average molecular weight is 311 g/mol. The highest BCUT2D eigenvalue weighted by molar-refractivity contribution is 6.31. The first kappa shape index (κ1) is 16.8. The average Bonchev–Trinajstić information content (AvgIpc) is 2.30. The van der Waals surface area contributed by atoms with Gasteiger partial charge in [0, 0.05) is 10.6 Å². The molecule has 0 spiro atoms. The molecule has 1 aliphatic carbocycles. The molecule has 0 bridgehead atoms. The van der Waals surface area contributed by atoms with E-state index in [1.165, 1.54) is 5.56 Å². The molecule has 0 saturated carbocycles. The molecule has 0 aromatic heterocycles. The van der Waals surface area contributed by atoms with Crippen LogP contribution < -0.4 is 0 Å². The molecule has 0 atom stereocenters. The number of aliphatic hydroxyl groups excluding tert-OH is 1. The minimum atomic E-state index is -1.48. The van der Waals surface area contributed by atoms with Gasteiger partial charge in [-0.05, 0) is 52.3 Å². The molecular weight excluding hydrogens is 284 g/mol. The highest BCUT2D eigenvalue weighted by Gasteiger charge is 2.53. The largest absolute Gasteiger partial charge is 0.364 e. The summed E-state index contributed by atoms with van der Waals surface area (Å²) in [6.45, 7) is 15.6. The molecule has 0 unspecified atom stereocenters. The van der Waals surface area contributed by atoms with Gasteiger partial charge in [-0.25, -0.2) is 0 Å². The van der Waals surface area contributed by atoms with Gasteiger partial charge in [0.2, 0.25) is 0 Å². The molecule has 2 nitrogen and oxygen atoms in total. The fourth-order valence-corrected chi connectivity index (χ4v) is 4.21. The topological polar surface area (TPSA) is 40.5 Å². The van der Waals surface area contributed by atoms with Crippen molar-refractivity contribution in [2.45, 2.75) is 66.6 Å². The highest BCUT2D eigenvalue weighted by atomic mass is 35.5. The highest BCUT2D eigenvalue weighted by Crippen LogP contribution is 2.60. The van der Waals surface area contributed by atoms with Crippen LogP contribution in [0.2, 0.25) is 5.02 Å². The number of hydrogen-bond donors (Lipinski definition) is 2. The second kappa shape index (κ2) is 4.71. The fourth-order valence-electron chi connectivity index (χ4n) is 3.93. The lowest BCUT2D eigenvalue weighted by Crippen LogP contribution is -2.52. The summed E-state index contributed by atoms with van der Waals surface area (Å²) in [5.41, 5.74) is 3.87. The Balaban J connectivity index is 2.86. The van der Waals surface area contributed by atoms with Crippen LogP contribution in [0.25, 0.3) is 0 Å². The summed E-state index contributed by atoms with van der Waals surface area (Å²) in [4.78, 5) is 0. The zero-order chi connectivity index (χ0) is 16.4. The van der Waals surface area contributed by atoms with Crippen molar-refractivity contribution in [1.82, 2.24) is 0 Å². The predicted octanol–water partition coefficient (Wildman–Crippen LogP) is 4.52. The SMILES string of the molecule is Cc1c(C(O)O)cc(Cl)c2c1C(C)(C)C(C)(C)C(C)(C)C2. The predicted molar refractivity (Wildman–Crippen MR) is 87.7 cm³/mol. The van der Waals surface area contributed by atoms with E-state index < -0.39 is 6.29 Å². The van der Waals surface area contributed by atoms with Crippen molar-refractivity contribution < 1.29 is 10.2 Å². The molecule has 2 N–H and O–H groups in total. The molecule has 0 heterocycles. The maximum absolute atomic E-state index is 9.63. The van der Waals surface area contributed by atoms with Gasteiger partial charge in [0.1, 0.15) is 0 Å². The lowest BCUT2D eigenvalue weighted by atomic mass is 9.47. The molecule has 0 radical (unpaired) electrons. The molecular formula is C18H27ClO2. The van der Waals surface area contributed by atoms with E-state index in [0.29, 0.717) is 10.6 Å². The molecule has 1 aliphatic rings. The van der Waals surface area contributed by atoms with Crippen LogP contribution >= 0.6 is 11.6 Å². The number of fused-ring (bicyclic) bond motifs is 1. The van der Waals surface area contributed by atoms with Gasteiger partial charge in [-0.2, -0.15) is 0 Å². The zero-order valence-corrected chi connectivity index (χ0v) is 14.9. The summed E-state index contributed by atoms with van der Waals surface area (Å²) in [7, 11) is 0. The summed E-state index contributed by atoms with van der Waals surface area (Å²) in [5.74, 6) is 0. The Morgan fingerprint density at radius 2 is 1.62 bits per heavy atom.